The highest BCUT2D eigenvalue weighted by Gasteiger charge is 2.13. The van der Waals surface area contributed by atoms with Gasteiger partial charge in [0.25, 0.3) is 0 Å². The SMILES string of the molecule is CC(Br)CC(C)c1cc(F)ccc1F. The second-order valence-corrected chi connectivity index (χ2v) is 5.15. The van der Waals surface area contributed by atoms with Crippen LogP contribution in [0.1, 0.15) is 31.7 Å². The van der Waals surface area contributed by atoms with Crippen LogP contribution in [-0.2, 0) is 0 Å². The second-order valence-electron chi connectivity index (χ2n) is 3.58. The Bertz CT molecular complexity index is 310. The van der Waals surface area contributed by atoms with Gasteiger partial charge in [0, 0.05) is 4.83 Å². The number of hydrogen-bond donors (Lipinski definition) is 0. The van der Waals surface area contributed by atoms with Crippen LogP contribution < -0.4 is 0 Å². The van der Waals surface area contributed by atoms with Crippen molar-refractivity contribution in [2.24, 2.45) is 0 Å². The zero-order valence-corrected chi connectivity index (χ0v) is 9.81. The van der Waals surface area contributed by atoms with Gasteiger partial charge >= 0.3 is 0 Å². The highest BCUT2D eigenvalue weighted by Crippen LogP contribution is 2.26. The molecule has 14 heavy (non-hydrogen) atoms. The molecular formula is C11H13BrF2. The number of hydrogen-bond acceptors (Lipinski definition) is 0. The quantitative estimate of drug-likeness (QED) is 0.715. The van der Waals surface area contributed by atoms with Gasteiger partial charge in [0.2, 0.25) is 0 Å². The Morgan fingerprint density at radius 2 is 1.93 bits per heavy atom. The van der Waals surface area contributed by atoms with Crippen molar-refractivity contribution in [3.63, 3.8) is 0 Å². The molecule has 2 unspecified atom stereocenters. The highest BCUT2D eigenvalue weighted by atomic mass is 79.9. The molecular weight excluding hydrogens is 250 g/mol. The molecule has 0 fully saturated rings. The first-order valence-electron chi connectivity index (χ1n) is 4.59. The van der Waals surface area contributed by atoms with E-state index in [0.29, 0.717) is 10.4 Å². The van der Waals surface area contributed by atoms with E-state index < -0.39 is 0 Å². The zero-order chi connectivity index (χ0) is 10.7. The third-order valence-corrected chi connectivity index (χ3v) is 2.54. The predicted molar refractivity (Wildman–Crippen MR) is 57.8 cm³/mol. The number of alkyl halides is 1. The summed E-state index contributed by atoms with van der Waals surface area (Å²) in [6.07, 6.45) is 0.792. The molecule has 0 N–H and O–H groups in total. The van der Waals surface area contributed by atoms with E-state index in [9.17, 15) is 8.78 Å². The molecule has 3 heteroatoms. The molecule has 0 aliphatic rings. The Kier molecular flexibility index (Phi) is 4.05. The minimum Gasteiger partial charge on any atom is -0.207 e. The van der Waals surface area contributed by atoms with Crippen molar-refractivity contribution in [1.82, 2.24) is 0 Å². The van der Waals surface area contributed by atoms with E-state index in [1.807, 2.05) is 13.8 Å². The number of rotatable bonds is 3. The van der Waals surface area contributed by atoms with Gasteiger partial charge in [-0.1, -0.05) is 29.8 Å². The van der Waals surface area contributed by atoms with Crippen LogP contribution >= 0.6 is 15.9 Å². The average Bonchev–Trinajstić information content (AvgIpc) is 2.08. The Morgan fingerprint density at radius 1 is 1.29 bits per heavy atom. The summed E-state index contributed by atoms with van der Waals surface area (Å²) in [6.45, 7) is 3.89. The topological polar surface area (TPSA) is 0 Å². The molecule has 0 aliphatic heterocycles. The smallest absolute Gasteiger partial charge is 0.126 e. The van der Waals surface area contributed by atoms with E-state index in [0.717, 1.165) is 12.5 Å². The Labute approximate surface area is 91.5 Å². The van der Waals surface area contributed by atoms with Gasteiger partial charge in [-0.2, -0.15) is 0 Å². The molecule has 2 atom stereocenters. The minimum atomic E-state index is -0.379. The van der Waals surface area contributed by atoms with Gasteiger partial charge in [0.05, 0.1) is 0 Å². The first kappa shape index (κ1) is 11.6. The molecule has 1 aromatic carbocycles. The van der Waals surface area contributed by atoms with Crippen LogP contribution in [-0.4, -0.2) is 4.83 Å². The fraction of sp³-hybridized carbons (Fsp3) is 0.455. The van der Waals surface area contributed by atoms with Crippen molar-refractivity contribution in [2.45, 2.75) is 31.0 Å². The van der Waals surface area contributed by atoms with Crippen LogP contribution in [0.2, 0.25) is 0 Å². The lowest BCUT2D eigenvalue weighted by atomic mass is 9.96. The molecule has 0 saturated carbocycles. The lowest BCUT2D eigenvalue weighted by Gasteiger charge is -2.14. The van der Waals surface area contributed by atoms with Gasteiger partial charge in [0.1, 0.15) is 11.6 Å². The maximum Gasteiger partial charge on any atom is 0.126 e. The first-order valence-corrected chi connectivity index (χ1v) is 5.51. The Hall–Kier alpha value is -0.440. The summed E-state index contributed by atoms with van der Waals surface area (Å²) in [5.41, 5.74) is 0.455. The lowest BCUT2D eigenvalue weighted by molar-refractivity contribution is 0.557. The molecule has 0 radical (unpaired) electrons. The summed E-state index contributed by atoms with van der Waals surface area (Å²) in [5, 5.41) is 0. The molecule has 0 aromatic heterocycles. The molecule has 0 amide bonds. The fourth-order valence-corrected chi connectivity index (χ4v) is 2.07. The van der Waals surface area contributed by atoms with Crippen molar-refractivity contribution in [1.29, 1.82) is 0 Å². The van der Waals surface area contributed by atoms with E-state index >= 15 is 0 Å². The van der Waals surface area contributed by atoms with E-state index in [1.165, 1.54) is 12.1 Å². The Balaban J connectivity index is 2.88. The van der Waals surface area contributed by atoms with E-state index in [-0.39, 0.29) is 17.6 Å². The molecule has 0 spiro atoms. The van der Waals surface area contributed by atoms with Gasteiger partial charge in [-0.25, -0.2) is 8.78 Å². The molecule has 78 valence electrons. The summed E-state index contributed by atoms with van der Waals surface area (Å²) >= 11 is 3.40. The van der Waals surface area contributed by atoms with Crippen LogP contribution in [0.3, 0.4) is 0 Å². The van der Waals surface area contributed by atoms with Crippen molar-refractivity contribution in [2.75, 3.05) is 0 Å². The van der Waals surface area contributed by atoms with E-state index in [1.54, 1.807) is 0 Å². The molecule has 1 aromatic rings. The van der Waals surface area contributed by atoms with Gasteiger partial charge < -0.3 is 0 Å². The van der Waals surface area contributed by atoms with Crippen molar-refractivity contribution < 1.29 is 8.78 Å². The van der Waals surface area contributed by atoms with Gasteiger partial charge in [-0.05, 0) is 36.1 Å². The summed E-state index contributed by atoms with van der Waals surface area (Å²) in [5.74, 6) is -0.678. The van der Waals surface area contributed by atoms with Crippen LogP contribution in [0, 0.1) is 11.6 Å². The number of benzene rings is 1. The minimum absolute atomic E-state index is 0.0278. The third-order valence-electron chi connectivity index (χ3n) is 2.17. The maximum atomic E-state index is 13.3. The van der Waals surface area contributed by atoms with Crippen molar-refractivity contribution in [3.8, 4) is 0 Å². The second kappa shape index (κ2) is 4.87. The monoisotopic (exact) mass is 262 g/mol. The standard InChI is InChI=1S/C11H13BrF2/c1-7(5-8(2)12)10-6-9(13)3-4-11(10)14/h3-4,6-8H,5H2,1-2H3. The van der Waals surface area contributed by atoms with Crippen LogP contribution in [0.25, 0.3) is 0 Å². The highest BCUT2D eigenvalue weighted by molar-refractivity contribution is 9.09. The average molecular weight is 263 g/mol. The van der Waals surface area contributed by atoms with E-state index in [2.05, 4.69) is 15.9 Å². The van der Waals surface area contributed by atoms with Crippen LogP contribution in [0.15, 0.2) is 18.2 Å². The van der Waals surface area contributed by atoms with Gasteiger partial charge in [-0.3, -0.25) is 0 Å². The molecule has 0 aliphatic carbocycles. The molecule has 1 rings (SSSR count). The van der Waals surface area contributed by atoms with Crippen LogP contribution in [0.4, 0.5) is 8.78 Å². The molecule has 0 heterocycles. The molecule has 0 bridgehead atoms. The van der Waals surface area contributed by atoms with E-state index in [4.69, 9.17) is 0 Å². The third kappa shape index (κ3) is 3.05. The summed E-state index contributed by atoms with van der Waals surface area (Å²) < 4.78 is 26.2. The molecule has 0 saturated heterocycles. The summed E-state index contributed by atoms with van der Waals surface area (Å²) in [6, 6.07) is 3.60. The fourth-order valence-electron chi connectivity index (χ4n) is 1.51. The van der Waals surface area contributed by atoms with Crippen molar-refractivity contribution >= 4 is 15.9 Å². The molecule has 0 nitrogen and oxygen atoms in total. The largest absolute Gasteiger partial charge is 0.207 e. The summed E-state index contributed by atoms with van der Waals surface area (Å²) in [7, 11) is 0. The zero-order valence-electron chi connectivity index (χ0n) is 8.23. The number of halogens is 3. The predicted octanol–water partition coefficient (Wildman–Crippen LogP) is 4.24. The lowest BCUT2D eigenvalue weighted by Crippen LogP contribution is -2.03. The Morgan fingerprint density at radius 3 is 2.50 bits per heavy atom. The van der Waals surface area contributed by atoms with Crippen molar-refractivity contribution in [3.05, 3.63) is 35.4 Å². The van der Waals surface area contributed by atoms with Gasteiger partial charge in [0.15, 0.2) is 0 Å². The maximum absolute atomic E-state index is 13.3. The van der Waals surface area contributed by atoms with Crippen LogP contribution in [0.5, 0.6) is 0 Å². The first-order chi connectivity index (χ1) is 6.50. The summed E-state index contributed by atoms with van der Waals surface area (Å²) in [4.78, 5) is 0.306. The van der Waals surface area contributed by atoms with Gasteiger partial charge in [-0.15, -0.1) is 0 Å². The normalized spacial score (nSPS) is 15.2.